The molecule has 0 aliphatic carbocycles. The molecule has 28 heavy (non-hydrogen) atoms. The van der Waals surface area contributed by atoms with Gasteiger partial charge >= 0.3 is 0 Å². The van der Waals surface area contributed by atoms with E-state index in [0.29, 0.717) is 35.3 Å². The van der Waals surface area contributed by atoms with E-state index >= 15 is 0 Å². The highest BCUT2D eigenvalue weighted by atomic mass is 16.5. The molecule has 0 aliphatic heterocycles. The quantitative estimate of drug-likeness (QED) is 0.651. The summed E-state index contributed by atoms with van der Waals surface area (Å²) in [6.07, 6.45) is 0.513. The van der Waals surface area contributed by atoms with Crippen LogP contribution in [0.3, 0.4) is 0 Å². The number of carbonyl (C=O) groups excluding carboxylic acids is 2. The van der Waals surface area contributed by atoms with E-state index in [-0.39, 0.29) is 18.2 Å². The molecular weight excluding hydrogens is 360 g/mol. The summed E-state index contributed by atoms with van der Waals surface area (Å²) in [6.45, 7) is 1.44. The van der Waals surface area contributed by atoms with E-state index < -0.39 is 0 Å². The van der Waals surface area contributed by atoms with E-state index in [1.54, 1.807) is 31.4 Å². The Hall–Kier alpha value is -3.68. The Morgan fingerprint density at radius 2 is 1.71 bits per heavy atom. The molecular formula is C20H20N4O4. The summed E-state index contributed by atoms with van der Waals surface area (Å²) in [5.41, 5.74) is 2.03. The predicted molar refractivity (Wildman–Crippen MR) is 104 cm³/mol. The summed E-state index contributed by atoms with van der Waals surface area (Å²) in [4.78, 5) is 27.5. The van der Waals surface area contributed by atoms with Crippen LogP contribution in [0.5, 0.6) is 5.75 Å². The average Bonchev–Trinajstić information content (AvgIpc) is 3.16. The van der Waals surface area contributed by atoms with Crippen molar-refractivity contribution in [1.82, 2.24) is 10.1 Å². The van der Waals surface area contributed by atoms with Crippen molar-refractivity contribution in [3.8, 4) is 17.1 Å². The van der Waals surface area contributed by atoms with Crippen molar-refractivity contribution in [3.05, 3.63) is 54.4 Å². The maximum absolute atomic E-state index is 12.1. The van der Waals surface area contributed by atoms with Crippen LogP contribution in [-0.4, -0.2) is 29.1 Å². The van der Waals surface area contributed by atoms with Gasteiger partial charge in [0.25, 0.3) is 0 Å². The van der Waals surface area contributed by atoms with Gasteiger partial charge < -0.3 is 19.9 Å². The maximum atomic E-state index is 12.1. The first-order valence-corrected chi connectivity index (χ1v) is 8.68. The predicted octanol–water partition coefficient (Wildman–Crippen LogP) is 3.27. The number of carbonyl (C=O) groups is 2. The van der Waals surface area contributed by atoms with Crippen molar-refractivity contribution >= 4 is 23.2 Å². The number of rotatable bonds is 7. The third-order valence-corrected chi connectivity index (χ3v) is 3.87. The lowest BCUT2D eigenvalue weighted by Gasteiger charge is -2.06. The van der Waals surface area contributed by atoms with E-state index in [4.69, 9.17) is 9.26 Å². The average molecular weight is 380 g/mol. The molecule has 0 fully saturated rings. The van der Waals surface area contributed by atoms with Gasteiger partial charge in [-0.2, -0.15) is 4.98 Å². The number of methoxy groups -OCH3 is 1. The van der Waals surface area contributed by atoms with Crippen LogP contribution < -0.4 is 15.4 Å². The van der Waals surface area contributed by atoms with Gasteiger partial charge in [0.05, 0.1) is 12.7 Å². The number of ether oxygens (including phenoxy) is 1. The Balaban J connectivity index is 1.55. The van der Waals surface area contributed by atoms with Gasteiger partial charge in [-0.1, -0.05) is 17.3 Å². The lowest BCUT2D eigenvalue weighted by molar-refractivity contribution is -0.116. The van der Waals surface area contributed by atoms with E-state index in [9.17, 15) is 9.59 Å². The van der Waals surface area contributed by atoms with Crippen LogP contribution in [0.15, 0.2) is 53.1 Å². The monoisotopic (exact) mass is 380 g/mol. The largest absolute Gasteiger partial charge is 0.496 e. The molecule has 8 heteroatoms. The van der Waals surface area contributed by atoms with Gasteiger partial charge in [-0.15, -0.1) is 0 Å². The molecule has 3 aromatic rings. The highest BCUT2D eigenvalue weighted by Gasteiger charge is 2.14. The number of nitrogens with one attached hydrogen (secondary N) is 2. The second kappa shape index (κ2) is 8.81. The van der Waals surface area contributed by atoms with Crippen LogP contribution >= 0.6 is 0 Å². The van der Waals surface area contributed by atoms with E-state index in [0.717, 1.165) is 5.56 Å². The number of hydrogen-bond donors (Lipinski definition) is 2. The van der Waals surface area contributed by atoms with Crippen molar-refractivity contribution in [2.24, 2.45) is 0 Å². The molecule has 0 saturated heterocycles. The van der Waals surface area contributed by atoms with E-state index in [1.165, 1.54) is 6.92 Å². The zero-order valence-electron chi connectivity index (χ0n) is 15.6. The number of amides is 2. The minimum atomic E-state index is -0.177. The molecule has 0 radical (unpaired) electrons. The molecule has 2 aromatic carbocycles. The number of para-hydroxylation sites is 1. The molecule has 0 saturated carbocycles. The van der Waals surface area contributed by atoms with Crippen LogP contribution in [0.2, 0.25) is 0 Å². The lowest BCUT2D eigenvalue weighted by atomic mass is 10.2. The molecule has 0 atom stereocenters. The highest BCUT2D eigenvalue weighted by molar-refractivity contribution is 5.92. The number of benzene rings is 2. The minimum Gasteiger partial charge on any atom is -0.496 e. The molecule has 144 valence electrons. The van der Waals surface area contributed by atoms with Crippen LogP contribution in [0.4, 0.5) is 11.4 Å². The first kappa shape index (κ1) is 19.1. The Morgan fingerprint density at radius 1 is 1.04 bits per heavy atom. The van der Waals surface area contributed by atoms with Gasteiger partial charge in [0, 0.05) is 31.1 Å². The lowest BCUT2D eigenvalue weighted by Crippen LogP contribution is -2.12. The summed E-state index contributed by atoms with van der Waals surface area (Å²) in [7, 11) is 1.58. The minimum absolute atomic E-state index is 0.149. The van der Waals surface area contributed by atoms with Crippen molar-refractivity contribution < 1.29 is 18.8 Å². The molecule has 1 aromatic heterocycles. The number of nitrogens with zero attached hydrogens (tertiary/aromatic N) is 2. The SMILES string of the molecule is COc1ccccc1-c1noc(CCC(=O)Nc2ccc(NC(C)=O)cc2)n1. The van der Waals surface area contributed by atoms with Crippen molar-refractivity contribution in [2.75, 3.05) is 17.7 Å². The fraction of sp³-hybridized carbons (Fsp3) is 0.200. The molecule has 1 heterocycles. The second-order valence-electron chi connectivity index (χ2n) is 6.02. The second-order valence-corrected chi connectivity index (χ2v) is 6.02. The number of aromatic nitrogens is 2. The molecule has 2 N–H and O–H groups in total. The van der Waals surface area contributed by atoms with Gasteiger partial charge in [0.1, 0.15) is 5.75 Å². The maximum Gasteiger partial charge on any atom is 0.227 e. The molecule has 0 unspecified atom stereocenters. The zero-order chi connectivity index (χ0) is 19.9. The van der Waals surface area contributed by atoms with Crippen molar-refractivity contribution in [3.63, 3.8) is 0 Å². The Morgan fingerprint density at radius 3 is 2.39 bits per heavy atom. The van der Waals surface area contributed by atoms with Crippen LogP contribution in [0.1, 0.15) is 19.2 Å². The smallest absolute Gasteiger partial charge is 0.227 e. The summed E-state index contributed by atoms with van der Waals surface area (Å²) in [6, 6.07) is 14.2. The number of hydrogen-bond acceptors (Lipinski definition) is 6. The molecule has 2 amide bonds. The Bertz CT molecular complexity index is 966. The first-order valence-electron chi connectivity index (χ1n) is 8.68. The van der Waals surface area contributed by atoms with E-state index in [2.05, 4.69) is 20.8 Å². The van der Waals surface area contributed by atoms with Gasteiger partial charge in [0.15, 0.2) is 0 Å². The van der Waals surface area contributed by atoms with Crippen LogP contribution in [0.25, 0.3) is 11.4 Å². The fourth-order valence-corrected chi connectivity index (χ4v) is 2.58. The van der Waals surface area contributed by atoms with Crippen LogP contribution in [0, 0.1) is 0 Å². The Labute approximate surface area is 161 Å². The molecule has 8 nitrogen and oxygen atoms in total. The van der Waals surface area contributed by atoms with Gasteiger partial charge in [-0.05, 0) is 36.4 Å². The molecule has 0 aliphatic rings. The first-order chi connectivity index (χ1) is 13.5. The van der Waals surface area contributed by atoms with Gasteiger partial charge in [-0.3, -0.25) is 9.59 Å². The van der Waals surface area contributed by atoms with Crippen molar-refractivity contribution in [2.45, 2.75) is 19.8 Å². The third-order valence-electron chi connectivity index (χ3n) is 3.87. The fourth-order valence-electron chi connectivity index (χ4n) is 2.58. The number of anilines is 2. The topological polar surface area (TPSA) is 106 Å². The standard InChI is InChI=1S/C20H20N4O4/c1-13(25)21-14-7-9-15(10-8-14)22-18(26)11-12-19-23-20(24-28-19)16-5-3-4-6-17(16)27-2/h3-10H,11-12H2,1-2H3,(H,21,25)(H,22,26). The molecule has 3 rings (SSSR count). The van der Waals surface area contributed by atoms with E-state index in [1.807, 2.05) is 24.3 Å². The van der Waals surface area contributed by atoms with Gasteiger partial charge in [0.2, 0.25) is 23.5 Å². The number of aryl methyl sites for hydroxylation is 1. The summed E-state index contributed by atoms with van der Waals surface area (Å²) in [5, 5.41) is 9.41. The summed E-state index contributed by atoms with van der Waals surface area (Å²) < 4.78 is 10.5. The Kier molecular flexibility index (Phi) is 6.01. The normalized spacial score (nSPS) is 10.4. The van der Waals surface area contributed by atoms with Crippen LogP contribution in [-0.2, 0) is 16.0 Å². The highest BCUT2D eigenvalue weighted by Crippen LogP contribution is 2.27. The van der Waals surface area contributed by atoms with Crippen molar-refractivity contribution in [1.29, 1.82) is 0 Å². The summed E-state index contributed by atoms with van der Waals surface area (Å²) in [5.74, 6) is 1.11. The molecule has 0 bridgehead atoms. The summed E-state index contributed by atoms with van der Waals surface area (Å²) >= 11 is 0. The molecule has 0 spiro atoms. The third kappa shape index (κ3) is 4.94. The zero-order valence-corrected chi connectivity index (χ0v) is 15.6. The van der Waals surface area contributed by atoms with Gasteiger partial charge in [-0.25, -0.2) is 0 Å².